The minimum absolute atomic E-state index is 0.0400. The highest BCUT2D eigenvalue weighted by Crippen LogP contribution is 2.27. The summed E-state index contributed by atoms with van der Waals surface area (Å²) >= 11 is 0. The maximum Gasteiger partial charge on any atom is 0.573 e. The van der Waals surface area contributed by atoms with Gasteiger partial charge < -0.3 is 14.9 Å². The lowest BCUT2D eigenvalue weighted by molar-refractivity contribution is -0.274. The van der Waals surface area contributed by atoms with Gasteiger partial charge in [-0.2, -0.15) is 0 Å². The first kappa shape index (κ1) is 17.3. The van der Waals surface area contributed by atoms with E-state index in [0.29, 0.717) is 0 Å². The van der Waals surface area contributed by atoms with E-state index < -0.39 is 17.9 Å². The van der Waals surface area contributed by atoms with Gasteiger partial charge in [-0.3, -0.25) is 9.79 Å². The number of halogens is 3. The lowest BCUT2D eigenvalue weighted by Crippen LogP contribution is -2.17. The summed E-state index contributed by atoms with van der Waals surface area (Å²) in [7, 11) is 0. The molecule has 0 atom stereocenters. The van der Waals surface area contributed by atoms with E-state index in [-0.39, 0.29) is 29.2 Å². The minimum Gasteiger partial charge on any atom is -0.507 e. The van der Waals surface area contributed by atoms with Crippen molar-refractivity contribution >= 4 is 12.0 Å². The number of para-hydroxylation sites is 1. The van der Waals surface area contributed by atoms with Crippen LogP contribution in [0.25, 0.3) is 0 Å². The van der Waals surface area contributed by atoms with Crippen LogP contribution in [-0.2, 0) is 0 Å². The number of nitrogens with zero attached hydrogens (tertiary/aromatic N) is 1. The minimum atomic E-state index is -4.85. The zero-order valence-electron chi connectivity index (χ0n) is 12.1. The molecule has 0 heterocycles. The molecule has 0 bridgehead atoms. The number of phenolic OH excluding ortho intramolecular Hbond substituents is 2. The Balaban J connectivity index is 2.10. The molecule has 0 aliphatic heterocycles. The molecule has 0 amide bonds. The second-order valence-corrected chi connectivity index (χ2v) is 4.68. The molecule has 24 heavy (non-hydrogen) atoms. The van der Waals surface area contributed by atoms with Crippen molar-refractivity contribution < 1.29 is 32.9 Å². The zero-order valence-corrected chi connectivity index (χ0v) is 12.1. The third kappa shape index (κ3) is 4.73. The first-order valence-electron chi connectivity index (χ1n) is 6.66. The molecular formula is C16H12F3NO4. The summed E-state index contributed by atoms with van der Waals surface area (Å²) in [4.78, 5) is 15.7. The number of aromatic hydroxyl groups is 2. The fraction of sp³-hybridized carbons (Fsp3) is 0.125. The number of carbonyl (C=O) groups excluding carboxylic acids is 1. The Morgan fingerprint density at radius 1 is 1.12 bits per heavy atom. The van der Waals surface area contributed by atoms with Crippen LogP contribution in [0.4, 0.5) is 13.2 Å². The summed E-state index contributed by atoms with van der Waals surface area (Å²) in [6.07, 6.45) is -3.80. The number of aliphatic imine (C=N–C) groups is 1. The SMILES string of the molecule is O=C(CN=Cc1cc(OC(F)(F)F)ccc1O)c1ccccc1O. The standard InChI is InChI=1S/C16H12F3NO4/c17-16(18,19)24-11-5-6-13(21)10(7-11)8-20-9-15(23)12-3-1-2-4-14(12)22/h1-8,21-22H,9H2. The summed E-state index contributed by atoms with van der Waals surface area (Å²) < 4.78 is 40.2. The fourth-order valence-corrected chi connectivity index (χ4v) is 1.85. The fourth-order valence-electron chi connectivity index (χ4n) is 1.85. The van der Waals surface area contributed by atoms with Gasteiger partial charge in [-0.15, -0.1) is 13.2 Å². The van der Waals surface area contributed by atoms with Gasteiger partial charge in [0.25, 0.3) is 0 Å². The molecule has 2 aromatic carbocycles. The van der Waals surface area contributed by atoms with Gasteiger partial charge in [0, 0.05) is 11.8 Å². The van der Waals surface area contributed by atoms with Crippen LogP contribution >= 0.6 is 0 Å². The number of hydrogen-bond acceptors (Lipinski definition) is 5. The van der Waals surface area contributed by atoms with Gasteiger partial charge in [-0.25, -0.2) is 0 Å². The molecule has 8 heteroatoms. The van der Waals surface area contributed by atoms with E-state index in [1.54, 1.807) is 12.1 Å². The van der Waals surface area contributed by atoms with Crippen LogP contribution in [0.3, 0.4) is 0 Å². The van der Waals surface area contributed by atoms with Gasteiger partial charge in [0.15, 0.2) is 5.78 Å². The first-order valence-corrected chi connectivity index (χ1v) is 6.66. The van der Waals surface area contributed by atoms with Crippen molar-refractivity contribution in [2.45, 2.75) is 6.36 Å². The van der Waals surface area contributed by atoms with Crippen molar-refractivity contribution in [2.75, 3.05) is 6.54 Å². The predicted molar refractivity (Wildman–Crippen MR) is 79.7 cm³/mol. The highest BCUT2D eigenvalue weighted by molar-refractivity contribution is 6.01. The Bertz CT molecular complexity index is 772. The Morgan fingerprint density at radius 2 is 1.83 bits per heavy atom. The number of ether oxygens (including phenoxy) is 1. The van der Waals surface area contributed by atoms with E-state index in [0.717, 1.165) is 24.4 Å². The molecule has 0 saturated heterocycles. The Kier molecular flexibility index (Phi) is 5.08. The molecule has 0 aliphatic rings. The van der Waals surface area contributed by atoms with Gasteiger partial charge in [-0.05, 0) is 30.3 Å². The molecule has 0 fully saturated rings. The highest BCUT2D eigenvalue weighted by Gasteiger charge is 2.31. The summed E-state index contributed by atoms with van der Waals surface area (Å²) in [5.74, 6) is -1.51. The maximum atomic E-state index is 12.2. The van der Waals surface area contributed by atoms with Crippen LogP contribution in [0, 0.1) is 0 Å². The van der Waals surface area contributed by atoms with Crippen LogP contribution in [0.5, 0.6) is 17.2 Å². The molecule has 2 N–H and O–H groups in total. The maximum absolute atomic E-state index is 12.2. The number of Topliss-reactive ketones (excluding diaryl/α,β-unsaturated/α-hetero) is 1. The average molecular weight is 339 g/mol. The highest BCUT2D eigenvalue weighted by atomic mass is 19.4. The average Bonchev–Trinajstić information content (AvgIpc) is 2.49. The number of ketones is 1. The Hall–Kier alpha value is -3.03. The summed E-state index contributed by atoms with van der Waals surface area (Å²) in [5.41, 5.74) is 0.0369. The second kappa shape index (κ2) is 7.03. The summed E-state index contributed by atoms with van der Waals surface area (Å²) in [5, 5.41) is 19.2. The molecule has 5 nitrogen and oxygen atoms in total. The number of phenols is 2. The van der Waals surface area contributed by atoms with Gasteiger partial charge in [0.05, 0.1) is 5.56 Å². The van der Waals surface area contributed by atoms with Crippen molar-refractivity contribution in [2.24, 2.45) is 4.99 Å². The van der Waals surface area contributed by atoms with Crippen LogP contribution in [-0.4, -0.2) is 35.1 Å². The predicted octanol–water partition coefficient (Wildman–Crippen LogP) is 3.30. The van der Waals surface area contributed by atoms with Crippen LogP contribution in [0.1, 0.15) is 15.9 Å². The van der Waals surface area contributed by atoms with E-state index in [4.69, 9.17) is 0 Å². The molecule has 126 valence electrons. The lowest BCUT2D eigenvalue weighted by Gasteiger charge is -2.09. The van der Waals surface area contributed by atoms with Crippen molar-refractivity contribution in [3.8, 4) is 17.2 Å². The Labute approximate surface area is 134 Å². The van der Waals surface area contributed by atoms with Gasteiger partial charge in [0.2, 0.25) is 0 Å². The van der Waals surface area contributed by atoms with E-state index in [2.05, 4.69) is 9.73 Å². The number of rotatable bonds is 5. The molecule has 0 radical (unpaired) electrons. The Morgan fingerprint density at radius 3 is 2.50 bits per heavy atom. The van der Waals surface area contributed by atoms with Crippen molar-refractivity contribution in [3.05, 3.63) is 53.6 Å². The topological polar surface area (TPSA) is 79.1 Å². The monoisotopic (exact) mass is 339 g/mol. The summed E-state index contributed by atoms with van der Waals surface area (Å²) in [6, 6.07) is 8.81. The molecule has 2 aromatic rings. The third-order valence-corrected chi connectivity index (χ3v) is 2.90. The molecule has 0 saturated carbocycles. The number of carbonyl (C=O) groups is 1. The van der Waals surface area contributed by atoms with E-state index in [1.807, 2.05) is 0 Å². The number of hydrogen-bond donors (Lipinski definition) is 2. The smallest absolute Gasteiger partial charge is 0.507 e. The quantitative estimate of drug-likeness (QED) is 0.647. The van der Waals surface area contributed by atoms with Crippen LogP contribution < -0.4 is 4.74 Å². The normalized spacial score (nSPS) is 11.6. The largest absolute Gasteiger partial charge is 0.573 e. The third-order valence-electron chi connectivity index (χ3n) is 2.90. The van der Waals surface area contributed by atoms with Crippen molar-refractivity contribution in [1.29, 1.82) is 0 Å². The van der Waals surface area contributed by atoms with E-state index in [1.165, 1.54) is 12.1 Å². The first-order chi connectivity index (χ1) is 11.3. The zero-order chi connectivity index (χ0) is 17.7. The van der Waals surface area contributed by atoms with Crippen LogP contribution in [0.2, 0.25) is 0 Å². The van der Waals surface area contributed by atoms with Crippen LogP contribution in [0.15, 0.2) is 47.5 Å². The molecule has 0 aromatic heterocycles. The molecule has 0 spiro atoms. The lowest BCUT2D eigenvalue weighted by atomic mass is 10.1. The van der Waals surface area contributed by atoms with Gasteiger partial charge in [0.1, 0.15) is 23.8 Å². The van der Waals surface area contributed by atoms with E-state index >= 15 is 0 Å². The van der Waals surface area contributed by atoms with Gasteiger partial charge in [-0.1, -0.05) is 12.1 Å². The van der Waals surface area contributed by atoms with Crippen molar-refractivity contribution in [3.63, 3.8) is 0 Å². The number of alkyl halides is 3. The molecule has 2 rings (SSSR count). The van der Waals surface area contributed by atoms with Crippen molar-refractivity contribution in [1.82, 2.24) is 0 Å². The number of benzene rings is 2. The molecule has 0 aliphatic carbocycles. The summed E-state index contributed by atoms with van der Waals surface area (Å²) in [6.45, 7) is -0.346. The van der Waals surface area contributed by atoms with Gasteiger partial charge >= 0.3 is 6.36 Å². The second-order valence-electron chi connectivity index (χ2n) is 4.68. The molecular weight excluding hydrogens is 327 g/mol. The molecule has 0 unspecified atom stereocenters. The van der Waals surface area contributed by atoms with E-state index in [9.17, 15) is 28.2 Å².